The predicted octanol–water partition coefficient (Wildman–Crippen LogP) is 1.97. The highest BCUT2D eigenvalue weighted by Crippen LogP contribution is 2.11. The van der Waals surface area contributed by atoms with Crippen LogP contribution in [0.5, 0.6) is 0 Å². The molecule has 0 saturated carbocycles. The van der Waals surface area contributed by atoms with Gasteiger partial charge in [0.05, 0.1) is 6.61 Å². The highest BCUT2D eigenvalue weighted by Gasteiger charge is 2.07. The molecule has 0 heterocycles. The van der Waals surface area contributed by atoms with E-state index in [9.17, 15) is 4.79 Å². The monoisotopic (exact) mass is 293 g/mol. The Balaban J connectivity index is 2.52. The molecule has 0 fully saturated rings. The van der Waals surface area contributed by atoms with E-state index in [4.69, 9.17) is 4.74 Å². The average molecular weight is 293 g/mol. The van der Waals surface area contributed by atoms with E-state index < -0.39 is 0 Å². The number of rotatable bonds is 9. The van der Waals surface area contributed by atoms with Gasteiger partial charge in [-0.05, 0) is 24.2 Å². The van der Waals surface area contributed by atoms with Gasteiger partial charge in [0.15, 0.2) is 0 Å². The molecule has 1 rings (SSSR count). The van der Waals surface area contributed by atoms with Gasteiger partial charge in [-0.25, -0.2) is 4.79 Å². The summed E-state index contributed by atoms with van der Waals surface area (Å²) in [6.45, 7) is 8.86. The molecule has 0 saturated heterocycles. The normalized spacial score (nSPS) is 10.7. The fourth-order valence-corrected chi connectivity index (χ4v) is 2.08. The number of carbonyl (C=O) groups is 1. The van der Waals surface area contributed by atoms with Crippen molar-refractivity contribution in [2.75, 3.05) is 33.4 Å². The predicted molar refractivity (Wildman–Crippen MR) is 85.2 cm³/mol. The molecule has 0 aliphatic rings. The summed E-state index contributed by atoms with van der Waals surface area (Å²) in [5.41, 5.74) is 2.42. The van der Waals surface area contributed by atoms with E-state index in [2.05, 4.69) is 41.5 Å². The summed E-state index contributed by atoms with van der Waals surface area (Å²) in [5, 5.41) is 5.63. The smallest absolute Gasteiger partial charge is 0.315 e. The van der Waals surface area contributed by atoms with Crippen LogP contribution in [-0.2, 0) is 17.8 Å². The Hall–Kier alpha value is -1.59. The van der Waals surface area contributed by atoms with Crippen molar-refractivity contribution < 1.29 is 9.53 Å². The molecule has 0 aromatic heterocycles. The molecule has 2 N–H and O–H groups in total. The topological polar surface area (TPSA) is 53.6 Å². The van der Waals surface area contributed by atoms with Crippen molar-refractivity contribution >= 4 is 6.03 Å². The maximum Gasteiger partial charge on any atom is 0.315 e. The van der Waals surface area contributed by atoms with E-state index in [0.29, 0.717) is 19.7 Å². The molecule has 5 heteroatoms. The molecule has 1 aromatic carbocycles. The van der Waals surface area contributed by atoms with Crippen LogP contribution in [0.3, 0.4) is 0 Å². The summed E-state index contributed by atoms with van der Waals surface area (Å²) >= 11 is 0. The molecule has 0 spiro atoms. The van der Waals surface area contributed by atoms with Gasteiger partial charge in [0.25, 0.3) is 0 Å². The Morgan fingerprint density at radius 1 is 1.14 bits per heavy atom. The third-order valence-electron chi connectivity index (χ3n) is 3.44. The van der Waals surface area contributed by atoms with Crippen LogP contribution in [-0.4, -0.2) is 44.3 Å². The lowest BCUT2D eigenvalue weighted by molar-refractivity contribution is 0.196. The number of methoxy groups -OCH3 is 1. The van der Waals surface area contributed by atoms with Crippen LogP contribution < -0.4 is 10.6 Å². The fraction of sp³-hybridized carbons (Fsp3) is 0.562. The summed E-state index contributed by atoms with van der Waals surface area (Å²) in [7, 11) is 1.61. The molecule has 0 radical (unpaired) electrons. The first-order valence-corrected chi connectivity index (χ1v) is 7.51. The van der Waals surface area contributed by atoms with Gasteiger partial charge in [-0.2, -0.15) is 0 Å². The molecule has 2 amide bonds. The number of nitrogens with one attached hydrogen (secondary N) is 2. The number of hydrogen-bond donors (Lipinski definition) is 2. The summed E-state index contributed by atoms with van der Waals surface area (Å²) in [4.78, 5) is 14.0. The van der Waals surface area contributed by atoms with Crippen LogP contribution in [0.25, 0.3) is 0 Å². The van der Waals surface area contributed by atoms with E-state index in [1.165, 1.54) is 5.56 Å². The van der Waals surface area contributed by atoms with Gasteiger partial charge in [0.2, 0.25) is 0 Å². The Bertz CT molecular complexity index is 420. The van der Waals surface area contributed by atoms with E-state index in [-0.39, 0.29) is 6.03 Å². The molecule has 0 aliphatic heterocycles. The third-order valence-corrected chi connectivity index (χ3v) is 3.44. The largest absolute Gasteiger partial charge is 0.383 e. The standard InChI is InChI=1S/C16H27N3O2/c1-4-19(5-2)13-15-9-7-6-8-14(15)12-18-16(20)17-10-11-21-3/h6-9H,4-5,10-13H2,1-3H3,(H2,17,18,20). The van der Waals surface area contributed by atoms with Gasteiger partial charge < -0.3 is 15.4 Å². The minimum Gasteiger partial charge on any atom is -0.383 e. The van der Waals surface area contributed by atoms with Crippen LogP contribution in [0, 0.1) is 0 Å². The zero-order valence-electron chi connectivity index (χ0n) is 13.3. The highest BCUT2D eigenvalue weighted by molar-refractivity contribution is 5.73. The fourth-order valence-electron chi connectivity index (χ4n) is 2.08. The Morgan fingerprint density at radius 3 is 2.43 bits per heavy atom. The summed E-state index contributed by atoms with van der Waals surface area (Å²) in [6, 6.07) is 8.07. The Morgan fingerprint density at radius 2 is 1.81 bits per heavy atom. The Labute approximate surface area is 127 Å². The summed E-state index contributed by atoms with van der Waals surface area (Å²) in [6.07, 6.45) is 0. The number of benzene rings is 1. The van der Waals surface area contributed by atoms with Gasteiger partial charge in [-0.3, -0.25) is 4.90 Å². The lowest BCUT2D eigenvalue weighted by Gasteiger charge is -2.20. The van der Waals surface area contributed by atoms with Crippen molar-refractivity contribution in [3.63, 3.8) is 0 Å². The molecule has 0 unspecified atom stereocenters. The number of ether oxygens (including phenoxy) is 1. The number of nitrogens with zero attached hydrogens (tertiary/aromatic N) is 1. The van der Waals surface area contributed by atoms with Crippen molar-refractivity contribution in [2.45, 2.75) is 26.9 Å². The van der Waals surface area contributed by atoms with Crippen molar-refractivity contribution in [1.82, 2.24) is 15.5 Å². The van der Waals surface area contributed by atoms with Crippen molar-refractivity contribution in [2.24, 2.45) is 0 Å². The maximum absolute atomic E-state index is 11.6. The number of carbonyl (C=O) groups excluding carboxylic acids is 1. The zero-order valence-corrected chi connectivity index (χ0v) is 13.3. The van der Waals surface area contributed by atoms with Crippen molar-refractivity contribution in [3.8, 4) is 0 Å². The minimum absolute atomic E-state index is 0.162. The molecule has 5 nitrogen and oxygen atoms in total. The van der Waals surface area contributed by atoms with Gasteiger partial charge >= 0.3 is 6.03 Å². The van der Waals surface area contributed by atoms with E-state index >= 15 is 0 Å². The second-order valence-corrected chi connectivity index (χ2v) is 4.83. The van der Waals surface area contributed by atoms with E-state index in [1.54, 1.807) is 7.11 Å². The quantitative estimate of drug-likeness (QED) is 0.685. The molecule has 0 bridgehead atoms. The average Bonchev–Trinajstić information content (AvgIpc) is 2.51. The molecule has 118 valence electrons. The van der Waals surface area contributed by atoms with Crippen LogP contribution in [0.2, 0.25) is 0 Å². The van der Waals surface area contributed by atoms with Crippen molar-refractivity contribution in [1.29, 1.82) is 0 Å². The minimum atomic E-state index is -0.162. The SMILES string of the molecule is CCN(CC)Cc1ccccc1CNC(=O)NCCOC. The van der Waals surface area contributed by atoms with Gasteiger partial charge in [0, 0.05) is 26.7 Å². The number of hydrogen-bond acceptors (Lipinski definition) is 3. The molecule has 1 aromatic rings. The lowest BCUT2D eigenvalue weighted by Crippen LogP contribution is -2.37. The van der Waals surface area contributed by atoms with Crippen molar-refractivity contribution in [3.05, 3.63) is 35.4 Å². The zero-order chi connectivity index (χ0) is 15.5. The third kappa shape index (κ3) is 6.60. The maximum atomic E-state index is 11.6. The molecular weight excluding hydrogens is 266 g/mol. The first kappa shape index (κ1) is 17.5. The lowest BCUT2D eigenvalue weighted by atomic mass is 10.1. The van der Waals surface area contributed by atoms with Gasteiger partial charge in [-0.1, -0.05) is 38.1 Å². The van der Waals surface area contributed by atoms with Gasteiger partial charge in [-0.15, -0.1) is 0 Å². The van der Waals surface area contributed by atoms with Gasteiger partial charge in [0.1, 0.15) is 0 Å². The summed E-state index contributed by atoms with van der Waals surface area (Å²) < 4.78 is 4.89. The van der Waals surface area contributed by atoms with Crippen LogP contribution >= 0.6 is 0 Å². The van der Waals surface area contributed by atoms with E-state index in [0.717, 1.165) is 25.2 Å². The first-order chi connectivity index (χ1) is 10.2. The molecule has 0 atom stereocenters. The highest BCUT2D eigenvalue weighted by atomic mass is 16.5. The second-order valence-electron chi connectivity index (χ2n) is 4.83. The first-order valence-electron chi connectivity index (χ1n) is 7.51. The number of urea groups is 1. The Kier molecular flexibility index (Phi) is 8.47. The molecule has 21 heavy (non-hydrogen) atoms. The number of amides is 2. The van der Waals surface area contributed by atoms with Crippen LogP contribution in [0.4, 0.5) is 4.79 Å². The molecule has 0 aliphatic carbocycles. The summed E-state index contributed by atoms with van der Waals surface area (Å²) in [5.74, 6) is 0. The second kappa shape index (κ2) is 10.2. The van der Waals surface area contributed by atoms with Crippen LogP contribution in [0.15, 0.2) is 24.3 Å². The van der Waals surface area contributed by atoms with E-state index in [1.807, 2.05) is 12.1 Å². The molecular formula is C16H27N3O2. The van der Waals surface area contributed by atoms with Crippen LogP contribution in [0.1, 0.15) is 25.0 Å².